The molecule has 0 spiro atoms. The van der Waals surface area contributed by atoms with Crippen LogP contribution in [-0.2, 0) is 14.3 Å². The van der Waals surface area contributed by atoms with Crippen molar-refractivity contribution < 1.29 is 19.1 Å². The number of hydrogen-bond donors (Lipinski definition) is 1. The third-order valence-electron chi connectivity index (χ3n) is 4.67. The Morgan fingerprint density at radius 2 is 2.11 bits per heavy atom. The summed E-state index contributed by atoms with van der Waals surface area (Å²) in [4.78, 5) is 39.0. The molecule has 1 fully saturated rings. The van der Waals surface area contributed by atoms with E-state index in [1.807, 2.05) is 6.26 Å². The molecule has 154 valence electrons. The molecule has 0 aliphatic carbocycles. The third-order valence-corrected chi connectivity index (χ3v) is 5.64. The zero-order valence-corrected chi connectivity index (χ0v) is 17.9. The minimum atomic E-state index is -0.829. The molecule has 0 aromatic heterocycles. The van der Waals surface area contributed by atoms with Crippen molar-refractivity contribution in [2.75, 3.05) is 31.7 Å². The number of ether oxygens (including phenoxy) is 1. The standard InChI is InChI=1S/C20H27ClN2O4S/c1-14-6-5-10-23(12-14)18(24)13-27-20(26)17(9-11-28-2)22-19(25)15-7-3-4-8-16(15)21/h3-4,7-8,14,17H,5-6,9-13H2,1-2H3,(H,22,25). The topological polar surface area (TPSA) is 75.7 Å². The van der Waals surface area contributed by atoms with Gasteiger partial charge in [0, 0.05) is 13.1 Å². The van der Waals surface area contributed by atoms with Crippen LogP contribution < -0.4 is 5.32 Å². The zero-order valence-electron chi connectivity index (χ0n) is 16.3. The molecular formula is C20H27ClN2O4S. The Morgan fingerprint density at radius 1 is 1.36 bits per heavy atom. The number of benzene rings is 1. The van der Waals surface area contributed by atoms with Crippen LogP contribution in [-0.4, -0.2) is 60.4 Å². The van der Waals surface area contributed by atoms with Crippen molar-refractivity contribution in [1.82, 2.24) is 10.2 Å². The first-order chi connectivity index (χ1) is 13.4. The second kappa shape index (κ2) is 11.3. The SMILES string of the molecule is CSCCC(NC(=O)c1ccccc1Cl)C(=O)OCC(=O)N1CCCC(C)C1. The number of carbonyl (C=O) groups excluding carboxylic acids is 3. The van der Waals surface area contributed by atoms with Crippen LogP contribution in [0.2, 0.25) is 5.02 Å². The van der Waals surface area contributed by atoms with Crippen LogP contribution >= 0.6 is 23.4 Å². The molecule has 0 saturated carbocycles. The van der Waals surface area contributed by atoms with E-state index in [4.69, 9.17) is 16.3 Å². The van der Waals surface area contributed by atoms with Gasteiger partial charge in [-0.25, -0.2) is 4.79 Å². The highest BCUT2D eigenvalue weighted by molar-refractivity contribution is 7.98. The quantitative estimate of drug-likeness (QED) is 0.647. The van der Waals surface area contributed by atoms with Crippen LogP contribution in [0, 0.1) is 5.92 Å². The Labute approximate surface area is 175 Å². The third kappa shape index (κ3) is 6.71. The van der Waals surface area contributed by atoms with Gasteiger partial charge >= 0.3 is 5.97 Å². The predicted molar refractivity (Wildman–Crippen MR) is 112 cm³/mol. The van der Waals surface area contributed by atoms with Crippen molar-refractivity contribution >= 4 is 41.1 Å². The summed E-state index contributed by atoms with van der Waals surface area (Å²) in [6.07, 6.45) is 4.39. The summed E-state index contributed by atoms with van der Waals surface area (Å²) in [5.41, 5.74) is 0.296. The summed E-state index contributed by atoms with van der Waals surface area (Å²) in [6, 6.07) is 5.81. The Hall–Kier alpha value is -1.73. The van der Waals surface area contributed by atoms with Crippen molar-refractivity contribution in [2.24, 2.45) is 5.92 Å². The maximum absolute atomic E-state index is 12.5. The number of rotatable bonds is 8. The van der Waals surface area contributed by atoms with Crippen LogP contribution in [0.3, 0.4) is 0 Å². The fourth-order valence-corrected chi connectivity index (χ4v) is 3.80. The van der Waals surface area contributed by atoms with Gasteiger partial charge in [-0.1, -0.05) is 30.7 Å². The molecule has 1 aliphatic rings. The van der Waals surface area contributed by atoms with E-state index in [2.05, 4.69) is 12.2 Å². The summed E-state index contributed by atoms with van der Waals surface area (Å²) in [5.74, 6) is -0.114. The summed E-state index contributed by atoms with van der Waals surface area (Å²) >= 11 is 7.62. The van der Waals surface area contributed by atoms with Gasteiger partial charge < -0.3 is 15.0 Å². The van der Waals surface area contributed by atoms with Gasteiger partial charge in [-0.05, 0) is 49.3 Å². The largest absolute Gasteiger partial charge is 0.454 e. The van der Waals surface area contributed by atoms with Crippen LogP contribution in [0.1, 0.15) is 36.5 Å². The van der Waals surface area contributed by atoms with Gasteiger partial charge in [0.2, 0.25) is 0 Å². The predicted octanol–water partition coefficient (Wildman–Crippen LogP) is 2.99. The Balaban J connectivity index is 1.93. The summed E-state index contributed by atoms with van der Waals surface area (Å²) in [7, 11) is 0. The summed E-state index contributed by atoms with van der Waals surface area (Å²) in [6.45, 7) is 3.19. The van der Waals surface area contributed by atoms with Crippen molar-refractivity contribution in [3.05, 3.63) is 34.9 Å². The van der Waals surface area contributed by atoms with Gasteiger partial charge in [-0.2, -0.15) is 11.8 Å². The number of piperidine rings is 1. The highest BCUT2D eigenvalue weighted by atomic mass is 35.5. The van der Waals surface area contributed by atoms with E-state index in [0.717, 1.165) is 12.8 Å². The van der Waals surface area contributed by atoms with Gasteiger partial charge in [0.1, 0.15) is 6.04 Å². The molecule has 1 aromatic rings. The highest BCUT2D eigenvalue weighted by Gasteiger charge is 2.26. The molecule has 28 heavy (non-hydrogen) atoms. The first kappa shape index (κ1) is 22.6. The first-order valence-corrected chi connectivity index (χ1v) is 11.2. The van der Waals surface area contributed by atoms with Gasteiger partial charge in [-0.3, -0.25) is 9.59 Å². The zero-order chi connectivity index (χ0) is 20.5. The van der Waals surface area contributed by atoms with E-state index in [0.29, 0.717) is 41.8 Å². The molecule has 1 saturated heterocycles. The summed E-state index contributed by atoms with van der Waals surface area (Å²) in [5, 5.41) is 2.99. The van der Waals surface area contributed by atoms with Crippen LogP contribution in [0.5, 0.6) is 0 Å². The molecule has 2 unspecified atom stereocenters. The van der Waals surface area contributed by atoms with E-state index in [9.17, 15) is 14.4 Å². The number of thioether (sulfide) groups is 1. The van der Waals surface area contributed by atoms with Crippen LogP contribution in [0.15, 0.2) is 24.3 Å². The van der Waals surface area contributed by atoms with Crippen molar-refractivity contribution in [1.29, 1.82) is 0 Å². The lowest BCUT2D eigenvalue weighted by Crippen LogP contribution is -2.45. The molecule has 0 bridgehead atoms. The maximum Gasteiger partial charge on any atom is 0.329 e. The van der Waals surface area contributed by atoms with Gasteiger partial charge in [-0.15, -0.1) is 0 Å². The van der Waals surface area contributed by atoms with Crippen molar-refractivity contribution in [2.45, 2.75) is 32.2 Å². The average molecular weight is 427 g/mol. The average Bonchev–Trinajstić information content (AvgIpc) is 2.69. The Bertz CT molecular complexity index is 701. The Kier molecular flexibility index (Phi) is 9.12. The van der Waals surface area contributed by atoms with E-state index in [-0.39, 0.29) is 12.5 Å². The highest BCUT2D eigenvalue weighted by Crippen LogP contribution is 2.17. The minimum Gasteiger partial charge on any atom is -0.454 e. The van der Waals surface area contributed by atoms with Gasteiger partial charge in [0.15, 0.2) is 6.61 Å². The number of hydrogen-bond acceptors (Lipinski definition) is 5. The lowest BCUT2D eigenvalue weighted by Gasteiger charge is -2.30. The maximum atomic E-state index is 12.5. The number of likely N-dealkylation sites (tertiary alicyclic amines) is 1. The number of nitrogens with one attached hydrogen (secondary N) is 1. The van der Waals surface area contributed by atoms with Gasteiger partial charge in [0.25, 0.3) is 11.8 Å². The van der Waals surface area contributed by atoms with E-state index < -0.39 is 17.9 Å². The molecule has 6 nitrogen and oxygen atoms in total. The normalized spacial score (nSPS) is 17.7. The molecule has 1 N–H and O–H groups in total. The fourth-order valence-electron chi connectivity index (χ4n) is 3.11. The number of amides is 2. The number of esters is 1. The molecule has 1 aliphatic heterocycles. The monoisotopic (exact) mass is 426 g/mol. The lowest BCUT2D eigenvalue weighted by molar-refractivity contribution is -0.154. The number of halogens is 1. The molecule has 2 atom stereocenters. The Morgan fingerprint density at radius 3 is 2.79 bits per heavy atom. The van der Waals surface area contributed by atoms with E-state index in [1.54, 1.807) is 40.9 Å². The molecule has 1 aromatic carbocycles. The molecule has 1 heterocycles. The van der Waals surface area contributed by atoms with Crippen LogP contribution in [0.25, 0.3) is 0 Å². The molecule has 8 heteroatoms. The second-order valence-electron chi connectivity index (χ2n) is 6.98. The van der Waals surface area contributed by atoms with Crippen molar-refractivity contribution in [3.63, 3.8) is 0 Å². The van der Waals surface area contributed by atoms with E-state index in [1.165, 1.54) is 0 Å². The lowest BCUT2D eigenvalue weighted by atomic mass is 10.0. The first-order valence-electron chi connectivity index (χ1n) is 9.41. The smallest absolute Gasteiger partial charge is 0.329 e. The van der Waals surface area contributed by atoms with Gasteiger partial charge in [0.05, 0.1) is 10.6 Å². The second-order valence-corrected chi connectivity index (χ2v) is 8.38. The molecule has 0 radical (unpaired) electrons. The molecule has 2 rings (SSSR count). The van der Waals surface area contributed by atoms with Crippen LogP contribution in [0.4, 0.5) is 0 Å². The minimum absolute atomic E-state index is 0.194. The molecular weight excluding hydrogens is 400 g/mol. The molecule has 2 amide bonds. The summed E-state index contributed by atoms with van der Waals surface area (Å²) < 4.78 is 5.23. The number of carbonyl (C=O) groups is 3. The van der Waals surface area contributed by atoms with E-state index >= 15 is 0 Å². The fraction of sp³-hybridized carbons (Fsp3) is 0.550. The number of nitrogens with zero attached hydrogens (tertiary/aromatic N) is 1. The van der Waals surface area contributed by atoms with Crippen molar-refractivity contribution in [3.8, 4) is 0 Å².